The lowest BCUT2D eigenvalue weighted by Crippen LogP contribution is -2.28. The third-order valence-electron chi connectivity index (χ3n) is 1.88. The van der Waals surface area contributed by atoms with Gasteiger partial charge in [0.25, 0.3) is 0 Å². The van der Waals surface area contributed by atoms with E-state index >= 15 is 0 Å². The van der Waals surface area contributed by atoms with Gasteiger partial charge < -0.3 is 4.43 Å². The van der Waals surface area contributed by atoms with Crippen LogP contribution in [0.1, 0.15) is 53.9 Å². The Morgan fingerprint density at radius 1 is 1.31 bits per heavy atom. The largest absolute Gasteiger partial charge is 0.413 e. The summed E-state index contributed by atoms with van der Waals surface area (Å²) in [5.74, 6) is 0.728. The molecule has 0 rings (SSSR count). The van der Waals surface area contributed by atoms with Crippen LogP contribution in [0.25, 0.3) is 0 Å². The van der Waals surface area contributed by atoms with Crippen molar-refractivity contribution in [1.82, 2.24) is 0 Å². The van der Waals surface area contributed by atoms with E-state index in [0.29, 0.717) is 9.76 Å². The van der Waals surface area contributed by atoms with E-state index in [4.69, 9.17) is 4.43 Å². The van der Waals surface area contributed by atoms with Crippen molar-refractivity contribution in [3.05, 3.63) is 0 Å². The van der Waals surface area contributed by atoms with Crippen molar-refractivity contribution in [3.63, 3.8) is 0 Å². The van der Waals surface area contributed by atoms with Gasteiger partial charge in [0.1, 0.15) is 0 Å². The van der Waals surface area contributed by atoms with Crippen molar-refractivity contribution in [2.24, 2.45) is 5.92 Å². The van der Waals surface area contributed by atoms with Crippen LogP contribution >= 0.6 is 0 Å². The first kappa shape index (κ1) is 13.2. The Hall–Kier alpha value is 0.177. The lowest BCUT2D eigenvalue weighted by molar-refractivity contribution is 0.0900. The Labute approximate surface area is 86.2 Å². The van der Waals surface area contributed by atoms with Crippen molar-refractivity contribution in [2.45, 2.75) is 65.5 Å². The molecule has 0 bridgehead atoms. The smallest absolute Gasteiger partial charge is 0.230 e. The highest BCUT2D eigenvalue weighted by Gasteiger charge is 2.19. The number of hydrogen-bond acceptors (Lipinski definition) is 1. The van der Waals surface area contributed by atoms with Crippen molar-refractivity contribution in [2.75, 3.05) is 0 Å². The summed E-state index contributed by atoms with van der Waals surface area (Å²) in [6.07, 6.45) is 3.74. The minimum atomic E-state index is 0.0837. The molecule has 1 nitrogen and oxygen atoms in total. The van der Waals surface area contributed by atoms with E-state index in [9.17, 15) is 0 Å². The van der Waals surface area contributed by atoms with Crippen LogP contribution in [0.4, 0.5) is 0 Å². The summed E-state index contributed by atoms with van der Waals surface area (Å²) in [4.78, 5) is 0. The maximum Gasteiger partial charge on any atom is 0.230 e. The molecule has 0 fully saturated rings. The van der Waals surface area contributed by atoms with Gasteiger partial charge in [0, 0.05) is 0 Å². The van der Waals surface area contributed by atoms with Crippen LogP contribution in [-0.2, 0) is 4.43 Å². The quantitative estimate of drug-likeness (QED) is 0.450. The van der Waals surface area contributed by atoms with Crippen LogP contribution < -0.4 is 0 Å². The zero-order valence-corrected chi connectivity index (χ0v) is 10.8. The molecule has 0 aromatic carbocycles. The second-order valence-electron chi connectivity index (χ2n) is 4.71. The first-order valence-corrected chi connectivity index (χ1v) is 6.50. The minimum absolute atomic E-state index is 0.0837. The zero-order chi connectivity index (χ0) is 10.3. The topological polar surface area (TPSA) is 9.23 Å². The van der Waals surface area contributed by atoms with Gasteiger partial charge in [-0.3, -0.25) is 0 Å². The average Bonchev–Trinajstić information content (AvgIpc) is 1.95. The molecule has 0 aliphatic heterocycles. The Bertz CT molecular complexity index is 121. The van der Waals surface area contributed by atoms with Gasteiger partial charge >= 0.3 is 0 Å². The predicted molar refractivity (Wildman–Crippen MR) is 60.1 cm³/mol. The third-order valence-corrected chi connectivity index (χ3v) is 3.14. The van der Waals surface area contributed by atoms with E-state index in [1.54, 1.807) is 0 Å². The molecule has 2 heteroatoms. The first-order valence-electron chi connectivity index (χ1n) is 5.39. The van der Waals surface area contributed by atoms with Gasteiger partial charge in [-0.2, -0.15) is 0 Å². The van der Waals surface area contributed by atoms with E-state index in [1.807, 2.05) is 0 Å². The van der Waals surface area contributed by atoms with Gasteiger partial charge in [-0.05, 0) is 32.2 Å². The van der Waals surface area contributed by atoms with Gasteiger partial charge in [0.05, 0.1) is 5.60 Å². The summed E-state index contributed by atoms with van der Waals surface area (Å²) in [7, 11) is 0.690. The Kier molecular flexibility index (Phi) is 6.69. The summed E-state index contributed by atoms with van der Waals surface area (Å²) >= 11 is 0. The molecule has 0 unspecified atom stereocenters. The number of rotatable bonds is 7. The molecule has 0 aliphatic carbocycles. The molecule has 0 spiro atoms. The van der Waals surface area contributed by atoms with Crippen molar-refractivity contribution in [3.8, 4) is 0 Å². The molecule has 0 saturated carbocycles. The predicted octanol–water partition coefficient (Wildman–Crippen LogP) is 3.67. The normalized spacial score (nSPS) is 12.5. The van der Waals surface area contributed by atoms with Gasteiger partial charge in [0.2, 0.25) is 9.76 Å². The Morgan fingerprint density at radius 2 is 1.92 bits per heavy atom. The van der Waals surface area contributed by atoms with E-state index < -0.39 is 0 Å². The van der Waals surface area contributed by atoms with Gasteiger partial charge in [0.15, 0.2) is 0 Å². The van der Waals surface area contributed by atoms with Crippen LogP contribution in [0.5, 0.6) is 0 Å². The van der Waals surface area contributed by atoms with Crippen LogP contribution in [0.15, 0.2) is 0 Å². The van der Waals surface area contributed by atoms with E-state index in [2.05, 4.69) is 34.6 Å². The van der Waals surface area contributed by atoms with Crippen molar-refractivity contribution in [1.29, 1.82) is 0 Å². The molecule has 0 heterocycles. The molecule has 13 heavy (non-hydrogen) atoms. The summed E-state index contributed by atoms with van der Waals surface area (Å²) in [6.45, 7) is 11.1. The maximum atomic E-state index is 5.87. The Morgan fingerprint density at radius 3 is 2.38 bits per heavy atom. The SMILES string of the molecule is CCCC[Si]OC(C)(C)CC(C)C. The molecule has 78 valence electrons. The van der Waals surface area contributed by atoms with E-state index in [-0.39, 0.29) is 5.60 Å². The second kappa shape index (κ2) is 6.60. The fourth-order valence-electron chi connectivity index (χ4n) is 1.52. The molecule has 0 aliphatic rings. The zero-order valence-electron chi connectivity index (χ0n) is 9.81. The number of unbranched alkanes of at least 4 members (excludes halogenated alkanes) is 1. The van der Waals surface area contributed by atoms with Crippen LogP contribution in [0, 0.1) is 5.92 Å². The molecule has 0 amide bonds. The van der Waals surface area contributed by atoms with Crippen molar-refractivity contribution < 1.29 is 4.43 Å². The molecule has 0 N–H and O–H groups in total. The van der Waals surface area contributed by atoms with Gasteiger partial charge in [-0.15, -0.1) is 0 Å². The highest BCUT2D eigenvalue weighted by Crippen LogP contribution is 2.19. The summed E-state index contributed by atoms with van der Waals surface area (Å²) < 4.78 is 5.87. The average molecular weight is 200 g/mol. The van der Waals surface area contributed by atoms with Crippen LogP contribution in [0.2, 0.25) is 6.04 Å². The van der Waals surface area contributed by atoms with E-state index in [0.717, 1.165) is 12.3 Å². The van der Waals surface area contributed by atoms with Gasteiger partial charge in [-0.1, -0.05) is 33.6 Å². The lowest BCUT2D eigenvalue weighted by Gasteiger charge is -2.27. The monoisotopic (exact) mass is 200 g/mol. The first-order chi connectivity index (χ1) is 5.98. The second-order valence-corrected chi connectivity index (χ2v) is 5.70. The van der Waals surface area contributed by atoms with Crippen LogP contribution in [-0.4, -0.2) is 15.4 Å². The maximum absolute atomic E-state index is 5.87. The summed E-state index contributed by atoms with van der Waals surface area (Å²) in [5.41, 5.74) is 0.0837. The third kappa shape index (κ3) is 8.51. The lowest BCUT2D eigenvalue weighted by atomic mass is 9.97. The molecule has 0 atom stereocenters. The molecule has 2 radical (unpaired) electrons. The minimum Gasteiger partial charge on any atom is -0.413 e. The molecule has 0 saturated heterocycles. The fraction of sp³-hybridized carbons (Fsp3) is 1.00. The summed E-state index contributed by atoms with van der Waals surface area (Å²) in [5, 5.41) is 0. The summed E-state index contributed by atoms with van der Waals surface area (Å²) in [6, 6.07) is 1.23. The molecule has 0 aromatic heterocycles. The highest BCUT2D eigenvalue weighted by molar-refractivity contribution is 6.27. The standard InChI is InChI=1S/C11H24OSi/c1-6-7-8-13-12-11(4,5)9-10(2)3/h10H,6-9H2,1-5H3. The van der Waals surface area contributed by atoms with Crippen LogP contribution in [0.3, 0.4) is 0 Å². The Balaban J connectivity index is 3.50. The van der Waals surface area contributed by atoms with Gasteiger partial charge in [-0.25, -0.2) is 0 Å². The molecular weight excluding hydrogens is 176 g/mol. The molecule has 0 aromatic rings. The number of hydrogen-bond donors (Lipinski definition) is 0. The van der Waals surface area contributed by atoms with E-state index in [1.165, 1.54) is 18.9 Å². The fourth-order valence-corrected chi connectivity index (χ4v) is 2.59. The molecular formula is C11H24OSi. The highest BCUT2D eigenvalue weighted by atomic mass is 28.2. The van der Waals surface area contributed by atoms with Crippen molar-refractivity contribution >= 4 is 9.76 Å².